The quantitative estimate of drug-likeness (QED) is 0.861. The molecule has 1 N–H and O–H groups in total. The van der Waals surface area contributed by atoms with Gasteiger partial charge in [0.05, 0.1) is 19.3 Å². The molecule has 1 aliphatic heterocycles. The molecule has 0 saturated heterocycles. The van der Waals surface area contributed by atoms with Crippen LogP contribution in [0.25, 0.3) is 0 Å². The fourth-order valence-corrected chi connectivity index (χ4v) is 2.42. The summed E-state index contributed by atoms with van der Waals surface area (Å²) in [5.74, 6) is 0.734. The Labute approximate surface area is 116 Å². The first-order valence-corrected chi connectivity index (χ1v) is 6.66. The minimum Gasteiger partial charge on any atom is -0.462 e. The molecule has 104 valence electrons. The van der Waals surface area contributed by atoms with Gasteiger partial charge >= 0.3 is 5.97 Å². The second-order valence-electron chi connectivity index (χ2n) is 4.67. The Morgan fingerprint density at radius 3 is 3.05 bits per heavy atom. The first-order chi connectivity index (χ1) is 9.79. The molecule has 0 bridgehead atoms. The van der Waals surface area contributed by atoms with Gasteiger partial charge in [-0.3, -0.25) is 4.98 Å². The van der Waals surface area contributed by atoms with E-state index in [2.05, 4.69) is 15.4 Å². The van der Waals surface area contributed by atoms with Crippen LogP contribution >= 0.6 is 0 Å². The number of fused-ring (bicyclic) bond motifs is 1. The van der Waals surface area contributed by atoms with E-state index in [9.17, 15) is 4.79 Å². The van der Waals surface area contributed by atoms with Gasteiger partial charge in [0.25, 0.3) is 0 Å². The van der Waals surface area contributed by atoms with Crippen molar-refractivity contribution in [2.45, 2.75) is 19.4 Å². The van der Waals surface area contributed by atoms with Crippen molar-refractivity contribution in [2.24, 2.45) is 0 Å². The Hall–Kier alpha value is -2.37. The third kappa shape index (κ3) is 2.24. The molecule has 0 spiro atoms. The summed E-state index contributed by atoms with van der Waals surface area (Å²) in [6.45, 7) is 3.66. The number of rotatable bonds is 3. The van der Waals surface area contributed by atoms with Crippen molar-refractivity contribution in [1.82, 2.24) is 14.8 Å². The average molecular weight is 272 g/mol. The molecule has 1 atom stereocenters. The molecule has 2 aromatic rings. The monoisotopic (exact) mass is 272 g/mol. The van der Waals surface area contributed by atoms with Crippen molar-refractivity contribution in [2.75, 3.05) is 18.5 Å². The summed E-state index contributed by atoms with van der Waals surface area (Å²) < 4.78 is 6.84. The highest BCUT2D eigenvalue weighted by Crippen LogP contribution is 2.27. The molecule has 3 rings (SSSR count). The van der Waals surface area contributed by atoms with Crippen molar-refractivity contribution in [1.29, 1.82) is 0 Å². The van der Waals surface area contributed by atoms with Crippen molar-refractivity contribution in [3.8, 4) is 0 Å². The Bertz CT molecular complexity index is 609. The van der Waals surface area contributed by atoms with Crippen molar-refractivity contribution in [3.05, 3.63) is 41.9 Å². The van der Waals surface area contributed by atoms with Crippen LogP contribution in [0.4, 0.5) is 5.82 Å². The van der Waals surface area contributed by atoms with Crippen LogP contribution in [0.15, 0.2) is 30.7 Å². The lowest BCUT2D eigenvalue weighted by molar-refractivity contribution is 0.0527. The summed E-state index contributed by atoms with van der Waals surface area (Å²) >= 11 is 0. The Balaban J connectivity index is 1.82. The van der Waals surface area contributed by atoms with E-state index >= 15 is 0 Å². The summed E-state index contributed by atoms with van der Waals surface area (Å²) in [7, 11) is 0. The number of hydrogen-bond acceptors (Lipinski definition) is 5. The summed E-state index contributed by atoms with van der Waals surface area (Å²) in [5.41, 5.74) is 1.71. The molecule has 20 heavy (non-hydrogen) atoms. The van der Waals surface area contributed by atoms with Gasteiger partial charge < -0.3 is 10.1 Å². The average Bonchev–Trinajstić information content (AvgIpc) is 2.91. The minimum atomic E-state index is -0.330. The maximum atomic E-state index is 11.8. The van der Waals surface area contributed by atoms with Crippen LogP contribution in [0.2, 0.25) is 0 Å². The van der Waals surface area contributed by atoms with Gasteiger partial charge in [-0.2, -0.15) is 5.10 Å². The van der Waals surface area contributed by atoms with Gasteiger partial charge in [0.2, 0.25) is 0 Å². The smallest absolute Gasteiger partial charge is 0.343 e. The molecule has 0 aliphatic carbocycles. The minimum absolute atomic E-state index is 0.320. The normalized spacial score (nSPS) is 17.1. The fourth-order valence-electron chi connectivity index (χ4n) is 2.42. The van der Waals surface area contributed by atoms with Gasteiger partial charge in [-0.15, -0.1) is 0 Å². The molecule has 1 aliphatic rings. The molecule has 0 radical (unpaired) electrons. The summed E-state index contributed by atoms with van der Waals surface area (Å²) in [4.78, 5) is 15.8. The van der Waals surface area contributed by atoms with E-state index in [-0.39, 0.29) is 5.97 Å². The lowest BCUT2D eigenvalue weighted by Crippen LogP contribution is -2.27. The van der Waals surface area contributed by atoms with Crippen LogP contribution < -0.4 is 5.32 Å². The van der Waals surface area contributed by atoms with Gasteiger partial charge in [-0.25, -0.2) is 9.48 Å². The number of anilines is 1. The Morgan fingerprint density at radius 2 is 2.30 bits per heavy atom. The zero-order valence-corrected chi connectivity index (χ0v) is 11.2. The third-order valence-electron chi connectivity index (χ3n) is 3.42. The number of hydrogen-bond donors (Lipinski definition) is 1. The molecule has 3 heterocycles. The molecule has 6 heteroatoms. The molecule has 0 amide bonds. The van der Waals surface area contributed by atoms with Crippen LogP contribution in [0, 0.1) is 0 Å². The van der Waals surface area contributed by atoms with E-state index in [0.717, 1.165) is 18.9 Å². The molecule has 0 saturated carbocycles. The van der Waals surface area contributed by atoms with Crippen LogP contribution in [0.5, 0.6) is 0 Å². The highest BCUT2D eigenvalue weighted by molar-refractivity contribution is 5.94. The molecular formula is C14H16N4O2. The van der Waals surface area contributed by atoms with Crippen LogP contribution in [0.3, 0.4) is 0 Å². The van der Waals surface area contributed by atoms with Crippen LogP contribution in [0.1, 0.15) is 28.8 Å². The summed E-state index contributed by atoms with van der Waals surface area (Å²) in [6, 6.07) is 4.01. The van der Waals surface area contributed by atoms with E-state index in [4.69, 9.17) is 4.74 Å². The second-order valence-corrected chi connectivity index (χ2v) is 4.67. The van der Waals surface area contributed by atoms with Gasteiger partial charge in [0.1, 0.15) is 11.4 Å². The summed E-state index contributed by atoms with van der Waals surface area (Å²) in [5, 5.41) is 7.55. The zero-order valence-electron chi connectivity index (χ0n) is 11.2. The van der Waals surface area contributed by atoms with E-state index in [1.54, 1.807) is 25.5 Å². The first kappa shape index (κ1) is 12.7. The standard InChI is InChI=1S/C14H16N4O2/c1-2-20-14(19)12-8-17-18-9-11(7-16-13(12)18)10-3-5-15-6-4-10/h3-6,8,11,16H,2,7,9H2,1H3. The highest BCUT2D eigenvalue weighted by Gasteiger charge is 2.25. The molecule has 6 nitrogen and oxygen atoms in total. The lowest BCUT2D eigenvalue weighted by Gasteiger charge is -2.25. The van der Waals surface area contributed by atoms with E-state index < -0.39 is 0 Å². The first-order valence-electron chi connectivity index (χ1n) is 6.66. The maximum absolute atomic E-state index is 11.8. The predicted molar refractivity (Wildman–Crippen MR) is 73.7 cm³/mol. The SMILES string of the molecule is CCOC(=O)c1cnn2c1NCC(c1ccncc1)C2. The number of pyridine rings is 1. The number of nitrogens with one attached hydrogen (secondary N) is 1. The topological polar surface area (TPSA) is 69.0 Å². The van der Waals surface area contributed by atoms with E-state index in [0.29, 0.717) is 18.1 Å². The second kappa shape index (κ2) is 5.32. The molecule has 0 aromatic carbocycles. The number of ether oxygens (including phenoxy) is 1. The Kier molecular flexibility index (Phi) is 3.37. The van der Waals surface area contributed by atoms with Gasteiger partial charge in [0.15, 0.2) is 0 Å². The number of esters is 1. The van der Waals surface area contributed by atoms with Crippen molar-refractivity contribution in [3.63, 3.8) is 0 Å². The fraction of sp³-hybridized carbons (Fsp3) is 0.357. The lowest BCUT2D eigenvalue weighted by atomic mass is 9.99. The molecule has 1 unspecified atom stereocenters. The van der Waals surface area contributed by atoms with Crippen molar-refractivity contribution < 1.29 is 9.53 Å². The summed E-state index contributed by atoms with van der Waals surface area (Å²) in [6.07, 6.45) is 5.14. The van der Waals surface area contributed by atoms with Gasteiger partial charge in [0, 0.05) is 24.9 Å². The number of carbonyl (C=O) groups excluding carboxylic acids is 1. The number of aromatic nitrogens is 3. The van der Waals surface area contributed by atoms with E-state index in [1.165, 1.54) is 5.56 Å². The molecular weight excluding hydrogens is 256 g/mol. The maximum Gasteiger partial charge on any atom is 0.343 e. The van der Waals surface area contributed by atoms with Crippen LogP contribution in [-0.2, 0) is 11.3 Å². The predicted octanol–water partition coefficient (Wildman–Crippen LogP) is 1.66. The largest absolute Gasteiger partial charge is 0.462 e. The number of carbonyl (C=O) groups is 1. The van der Waals surface area contributed by atoms with Crippen molar-refractivity contribution >= 4 is 11.8 Å². The highest BCUT2D eigenvalue weighted by atomic mass is 16.5. The molecule has 2 aromatic heterocycles. The van der Waals surface area contributed by atoms with Crippen LogP contribution in [-0.4, -0.2) is 33.9 Å². The third-order valence-corrected chi connectivity index (χ3v) is 3.42. The Morgan fingerprint density at radius 1 is 1.50 bits per heavy atom. The zero-order chi connectivity index (χ0) is 13.9. The van der Waals surface area contributed by atoms with Gasteiger partial charge in [-0.1, -0.05) is 0 Å². The number of nitrogens with zero attached hydrogens (tertiary/aromatic N) is 3. The molecule has 0 fully saturated rings. The van der Waals surface area contributed by atoms with E-state index in [1.807, 2.05) is 16.8 Å². The van der Waals surface area contributed by atoms with Gasteiger partial charge in [-0.05, 0) is 24.6 Å².